The molecule has 19 heavy (non-hydrogen) atoms. The van der Waals surface area contributed by atoms with Crippen LogP contribution >= 0.6 is 43.5 Å². The summed E-state index contributed by atoms with van der Waals surface area (Å²) in [5, 5.41) is 12.1. The Labute approximate surface area is 131 Å². The van der Waals surface area contributed by atoms with Crippen molar-refractivity contribution in [3.05, 3.63) is 50.0 Å². The Hall–Kier alpha value is -1.11. The minimum Gasteiger partial charge on any atom is -0.478 e. The zero-order chi connectivity index (χ0) is 14.0. The van der Waals surface area contributed by atoms with Gasteiger partial charge in [-0.3, -0.25) is 0 Å². The van der Waals surface area contributed by atoms with Crippen molar-refractivity contribution in [2.45, 2.75) is 0 Å². The van der Waals surface area contributed by atoms with Gasteiger partial charge in [-0.1, -0.05) is 17.7 Å². The van der Waals surface area contributed by atoms with Crippen LogP contribution in [0.25, 0.3) is 0 Å². The van der Waals surface area contributed by atoms with Crippen LogP contribution in [0, 0.1) is 0 Å². The summed E-state index contributed by atoms with van der Waals surface area (Å²) in [6.45, 7) is 0. The number of pyridine rings is 1. The molecular weight excluding hydrogens is 399 g/mol. The monoisotopic (exact) mass is 404 g/mol. The molecule has 0 saturated heterocycles. The summed E-state index contributed by atoms with van der Waals surface area (Å²) in [5.41, 5.74) is 0.760. The summed E-state index contributed by atoms with van der Waals surface area (Å²) in [6, 6.07) is 6.98. The molecule has 98 valence electrons. The molecule has 4 nitrogen and oxygen atoms in total. The lowest BCUT2D eigenvalue weighted by molar-refractivity contribution is 0.0697. The van der Waals surface area contributed by atoms with Gasteiger partial charge in [-0.25, -0.2) is 9.78 Å². The molecule has 0 amide bonds. The van der Waals surface area contributed by atoms with Crippen molar-refractivity contribution in [3.63, 3.8) is 0 Å². The van der Waals surface area contributed by atoms with Crippen LogP contribution in [0.15, 0.2) is 39.4 Å². The molecule has 2 N–H and O–H groups in total. The van der Waals surface area contributed by atoms with E-state index in [1.54, 1.807) is 0 Å². The molecule has 0 aliphatic carbocycles. The number of hydrogen-bond acceptors (Lipinski definition) is 3. The van der Waals surface area contributed by atoms with Crippen molar-refractivity contribution in [2.75, 3.05) is 5.32 Å². The van der Waals surface area contributed by atoms with Gasteiger partial charge in [0.05, 0.1) is 16.3 Å². The second-order valence-corrected chi connectivity index (χ2v) is 5.69. The fourth-order valence-electron chi connectivity index (χ4n) is 1.42. The predicted octanol–water partition coefficient (Wildman–Crippen LogP) is 4.70. The normalized spacial score (nSPS) is 10.3. The quantitative estimate of drug-likeness (QED) is 0.776. The van der Waals surface area contributed by atoms with Gasteiger partial charge in [-0.05, 0) is 50.1 Å². The van der Waals surface area contributed by atoms with Crippen molar-refractivity contribution in [1.82, 2.24) is 4.98 Å². The van der Waals surface area contributed by atoms with Gasteiger partial charge in [-0.2, -0.15) is 0 Å². The Kier molecular flexibility index (Phi) is 4.44. The maximum Gasteiger partial charge on any atom is 0.337 e. The molecule has 0 aliphatic rings. The molecule has 0 bridgehead atoms. The molecule has 0 aliphatic heterocycles. The number of nitrogens with one attached hydrogen (secondary N) is 1. The highest BCUT2D eigenvalue weighted by atomic mass is 79.9. The van der Waals surface area contributed by atoms with Gasteiger partial charge in [-0.15, -0.1) is 0 Å². The second-order valence-electron chi connectivity index (χ2n) is 3.58. The molecule has 1 aromatic carbocycles. The number of halogens is 3. The topological polar surface area (TPSA) is 62.2 Å². The maximum absolute atomic E-state index is 11.0. The number of carbonyl (C=O) groups is 1. The lowest BCUT2D eigenvalue weighted by Gasteiger charge is -2.10. The third-order valence-electron chi connectivity index (χ3n) is 2.30. The van der Waals surface area contributed by atoms with Crippen molar-refractivity contribution < 1.29 is 9.90 Å². The number of aromatic nitrogens is 1. The van der Waals surface area contributed by atoms with Gasteiger partial charge < -0.3 is 10.4 Å². The lowest BCUT2D eigenvalue weighted by atomic mass is 10.2. The number of para-hydroxylation sites is 1. The summed E-state index contributed by atoms with van der Waals surface area (Å²) in [6.07, 6.45) is 1.30. The largest absolute Gasteiger partial charge is 0.478 e. The highest BCUT2D eigenvalue weighted by Gasteiger charge is 2.12. The Balaban J connectivity index is 2.39. The first-order valence-corrected chi connectivity index (χ1v) is 7.05. The van der Waals surface area contributed by atoms with Crippen LogP contribution in [0.3, 0.4) is 0 Å². The third kappa shape index (κ3) is 3.26. The predicted molar refractivity (Wildman–Crippen MR) is 81.3 cm³/mol. The van der Waals surface area contributed by atoms with Crippen LogP contribution in [0.1, 0.15) is 10.4 Å². The molecule has 2 aromatic rings. The lowest BCUT2D eigenvalue weighted by Crippen LogP contribution is -2.02. The summed E-state index contributed by atoms with van der Waals surface area (Å²) in [7, 11) is 0. The van der Waals surface area contributed by atoms with Gasteiger partial charge in [0.1, 0.15) is 5.82 Å². The Morgan fingerprint density at radius 3 is 2.53 bits per heavy atom. The Morgan fingerprint density at radius 1 is 1.32 bits per heavy atom. The molecule has 0 saturated carbocycles. The van der Waals surface area contributed by atoms with E-state index in [-0.39, 0.29) is 10.6 Å². The average Bonchev–Trinajstić information content (AvgIpc) is 2.35. The van der Waals surface area contributed by atoms with Crippen LogP contribution in [-0.4, -0.2) is 16.1 Å². The van der Waals surface area contributed by atoms with E-state index in [0.717, 1.165) is 14.6 Å². The summed E-state index contributed by atoms with van der Waals surface area (Å²) in [4.78, 5) is 15.1. The molecule has 1 aromatic heterocycles. The number of benzene rings is 1. The van der Waals surface area contributed by atoms with E-state index in [4.69, 9.17) is 16.7 Å². The minimum absolute atomic E-state index is 0.00217. The highest BCUT2D eigenvalue weighted by molar-refractivity contribution is 9.11. The highest BCUT2D eigenvalue weighted by Crippen LogP contribution is 2.33. The van der Waals surface area contributed by atoms with Crippen LogP contribution in [-0.2, 0) is 0 Å². The Bertz CT molecular complexity index is 629. The molecule has 0 atom stereocenters. The third-order valence-corrected chi connectivity index (χ3v) is 3.92. The minimum atomic E-state index is -1.10. The van der Waals surface area contributed by atoms with Gasteiger partial charge >= 0.3 is 5.97 Å². The van der Waals surface area contributed by atoms with E-state index >= 15 is 0 Å². The first-order valence-electron chi connectivity index (χ1n) is 5.09. The summed E-state index contributed by atoms with van der Waals surface area (Å²) >= 11 is 12.6. The molecular formula is C12H7Br2ClN2O2. The number of carboxylic acid groups (broad SMARTS) is 1. The van der Waals surface area contributed by atoms with E-state index in [0.29, 0.717) is 5.82 Å². The molecule has 0 radical (unpaired) electrons. The molecule has 0 fully saturated rings. The van der Waals surface area contributed by atoms with Crippen molar-refractivity contribution in [3.8, 4) is 0 Å². The van der Waals surface area contributed by atoms with Gasteiger partial charge in [0.15, 0.2) is 0 Å². The zero-order valence-corrected chi connectivity index (χ0v) is 13.3. The van der Waals surface area contributed by atoms with Gasteiger partial charge in [0.25, 0.3) is 0 Å². The van der Waals surface area contributed by atoms with E-state index < -0.39 is 5.97 Å². The van der Waals surface area contributed by atoms with Crippen LogP contribution in [0.4, 0.5) is 11.5 Å². The van der Waals surface area contributed by atoms with Crippen molar-refractivity contribution >= 4 is 60.9 Å². The molecule has 0 spiro atoms. The standard InChI is InChI=1S/C12H7Br2ClN2O2/c13-7-2-1-3-8(14)11(7)17-10-4-6(12(18)19)9(15)5-16-10/h1-5H,(H,16,17)(H,18,19). The number of carboxylic acids is 1. The maximum atomic E-state index is 11.0. The van der Waals surface area contributed by atoms with E-state index in [2.05, 4.69) is 42.2 Å². The molecule has 7 heteroatoms. The van der Waals surface area contributed by atoms with Crippen molar-refractivity contribution in [1.29, 1.82) is 0 Å². The van der Waals surface area contributed by atoms with Crippen LogP contribution < -0.4 is 5.32 Å². The first kappa shape index (κ1) is 14.3. The van der Waals surface area contributed by atoms with E-state index in [1.165, 1.54) is 12.3 Å². The number of aromatic carboxylic acids is 1. The smallest absolute Gasteiger partial charge is 0.337 e. The summed E-state index contributed by atoms with van der Waals surface area (Å²) in [5.74, 6) is -0.698. The van der Waals surface area contributed by atoms with E-state index in [1.807, 2.05) is 18.2 Å². The average molecular weight is 406 g/mol. The van der Waals surface area contributed by atoms with Crippen LogP contribution in [0.5, 0.6) is 0 Å². The van der Waals surface area contributed by atoms with E-state index in [9.17, 15) is 4.79 Å². The number of nitrogens with zero attached hydrogens (tertiary/aromatic N) is 1. The molecule has 1 heterocycles. The first-order chi connectivity index (χ1) is 8.99. The van der Waals surface area contributed by atoms with Crippen molar-refractivity contribution in [2.24, 2.45) is 0 Å². The van der Waals surface area contributed by atoms with Gasteiger partial charge in [0, 0.05) is 15.1 Å². The Morgan fingerprint density at radius 2 is 1.95 bits per heavy atom. The van der Waals surface area contributed by atoms with Gasteiger partial charge in [0.2, 0.25) is 0 Å². The zero-order valence-electron chi connectivity index (χ0n) is 9.32. The number of rotatable bonds is 3. The summed E-state index contributed by atoms with van der Waals surface area (Å²) < 4.78 is 1.66. The molecule has 2 rings (SSSR count). The fraction of sp³-hybridized carbons (Fsp3) is 0. The number of hydrogen-bond donors (Lipinski definition) is 2. The SMILES string of the molecule is O=C(O)c1cc(Nc2c(Br)cccc2Br)ncc1Cl. The van der Waals surface area contributed by atoms with Crippen LogP contribution in [0.2, 0.25) is 5.02 Å². The number of anilines is 2. The fourth-order valence-corrected chi connectivity index (χ4v) is 2.80. The molecule has 0 unspecified atom stereocenters. The second kappa shape index (κ2) is 5.90.